The van der Waals surface area contributed by atoms with E-state index in [1.807, 2.05) is 12.2 Å². The number of anilines is 1. The molecule has 1 aliphatic carbocycles. The number of carbonyl (C=O) groups is 1. The van der Waals surface area contributed by atoms with Gasteiger partial charge in [0.15, 0.2) is 0 Å². The summed E-state index contributed by atoms with van der Waals surface area (Å²) >= 11 is 6.29. The second kappa shape index (κ2) is 6.30. The normalized spacial score (nSPS) is 23.5. The van der Waals surface area contributed by atoms with E-state index in [1.54, 1.807) is 6.07 Å². The molecule has 1 aliphatic heterocycles. The molecular weight excluding hydrogens is 379 g/mol. The van der Waals surface area contributed by atoms with Crippen LogP contribution in [0.15, 0.2) is 48.6 Å². The van der Waals surface area contributed by atoms with Crippen LogP contribution in [0.5, 0.6) is 0 Å². The van der Waals surface area contributed by atoms with E-state index in [-0.39, 0.29) is 17.4 Å². The first kappa shape index (κ1) is 17.9. The lowest BCUT2D eigenvalue weighted by molar-refractivity contribution is -0.255. The number of hydrogen-bond donors (Lipinski definition) is 1. The van der Waals surface area contributed by atoms with Gasteiger partial charge < -0.3 is 15.2 Å². The Hall–Kier alpha value is -2.47. The van der Waals surface area contributed by atoms with Crippen LogP contribution < -0.4 is 10.4 Å². The Labute approximate surface area is 158 Å². The molecule has 2 aromatic carbocycles. The van der Waals surface area contributed by atoms with Crippen LogP contribution in [-0.2, 0) is 6.18 Å². The molecule has 4 rings (SSSR count). The van der Waals surface area contributed by atoms with E-state index in [1.165, 1.54) is 18.2 Å². The van der Waals surface area contributed by atoms with E-state index in [0.717, 1.165) is 12.1 Å². The number of benzene rings is 2. The third kappa shape index (κ3) is 2.98. The van der Waals surface area contributed by atoms with Crippen molar-refractivity contribution in [3.05, 3.63) is 75.8 Å². The zero-order chi connectivity index (χ0) is 19.3. The molecule has 0 unspecified atom stereocenters. The van der Waals surface area contributed by atoms with E-state index >= 15 is 0 Å². The van der Waals surface area contributed by atoms with Crippen molar-refractivity contribution in [1.82, 2.24) is 0 Å². The average Bonchev–Trinajstić information content (AvgIpc) is 3.10. The van der Waals surface area contributed by atoms with Gasteiger partial charge in [-0.1, -0.05) is 42.0 Å². The quantitative estimate of drug-likeness (QED) is 0.763. The Bertz CT molecular complexity index is 955. The van der Waals surface area contributed by atoms with Crippen LogP contribution in [0.2, 0.25) is 5.02 Å². The van der Waals surface area contributed by atoms with Gasteiger partial charge >= 0.3 is 6.18 Å². The van der Waals surface area contributed by atoms with Crippen LogP contribution >= 0.6 is 11.6 Å². The van der Waals surface area contributed by atoms with Gasteiger partial charge in [0, 0.05) is 11.5 Å². The number of allylic oxidation sites excluding steroid dienone is 2. The first-order valence-electron chi connectivity index (χ1n) is 8.41. The Morgan fingerprint density at radius 2 is 2.00 bits per heavy atom. The van der Waals surface area contributed by atoms with Crippen LogP contribution in [0.4, 0.5) is 18.9 Å². The van der Waals surface area contributed by atoms with E-state index < -0.39 is 23.8 Å². The molecule has 0 saturated heterocycles. The lowest BCUT2D eigenvalue weighted by atomic mass is 9.75. The molecule has 0 radical (unpaired) electrons. The number of carbonyl (C=O) groups excluding carboxylic acids is 1. The summed E-state index contributed by atoms with van der Waals surface area (Å²) in [6.07, 6.45) is 0.00707. The van der Waals surface area contributed by atoms with Crippen LogP contribution in [0.1, 0.15) is 45.4 Å². The second-order valence-electron chi connectivity index (χ2n) is 6.77. The number of halogens is 4. The number of nitrogens with one attached hydrogen (secondary N) is 1. The molecule has 140 valence electrons. The van der Waals surface area contributed by atoms with Crippen LogP contribution in [-0.4, -0.2) is 5.97 Å². The molecule has 0 fully saturated rings. The van der Waals surface area contributed by atoms with Gasteiger partial charge in [-0.05, 0) is 41.7 Å². The van der Waals surface area contributed by atoms with E-state index in [0.29, 0.717) is 28.3 Å². The first-order valence-corrected chi connectivity index (χ1v) is 8.79. The molecule has 7 heteroatoms. The molecule has 3 atom stereocenters. The van der Waals surface area contributed by atoms with Gasteiger partial charge in [0.2, 0.25) is 0 Å². The predicted octanol–water partition coefficient (Wildman–Crippen LogP) is 4.55. The topological polar surface area (TPSA) is 52.2 Å². The second-order valence-corrected chi connectivity index (χ2v) is 7.18. The lowest BCUT2D eigenvalue weighted by Gasteiger charge is -2.39. The number of carboxylic acids is 1. The van der Waals surface area contributed by atoms with Gasteiger partial charge in [0.05, 0.1) is 28.3 Å². The van der Waals surface area contributed by atoms with Crippen molar-refractivity contribution < 1.29 is 23.1 Å². The van der Waals surface area contributed by atoms with Gasteiger partial charge in [0.25, 0.3) is 0 Å². The number of aromatic carboxylic acids is 1. The largest absolute Gasteiger partial charge is 0.545 e. The summed E-state index contributed by atoms with van der Waals surface area (Å²) in [4.78, 5) is 11.5. The fraction of sp³-hybridized carbons (Fsp3) is 0.250. The molecule has 27 heavy (non-hydrogen) atoms. The molecule has 0 aromatic heterocycles. The van der Waals surface area contributed by atoms with Crippen molar-refractivity contribution in [3.8, 4) is 0 Å². The van der Waals surface area contributed by atoms with Gasteiger partial charge in [0.1, 0.15) is 0 Å². The highest BCUT2D eigenvalue weighted by atomic mass is 35.5. The molecule has 2 aromatic rings. The third-order valence-corrected chi connectivity index (χ3v) is 5.58. The third-order valence-electron chi connectivity index (χ3n) is 5.26. The summed E-state index contributed by atoms with van der Waals surface area (Å²) in [6.45, 7) is 0. The monoisotopic (exact) mass is 392 g/mol. The first-order chi connectivity index (χ1) is 12.8. The molecule has 2 aliphatic rings. The summed E-state index contributed by atoms with van der Waals surface area (Å²) in [7, 11) is 0. The van der Waals surface area contributed by atoms with Crippen molar-refractivity contribution in [1.29, 1.82) is 0 Å². The summed E-state index contributed by atoms with van der Waals surface area (Å²) in [5.74, 6) is -1.67. The predicted molar refractivity (Wildman–Crippen MR) is 93.6 cm³/mol. The Morgan fingerprint density at radius 1 is 1.22 bits per heavy atom. The van der Waals surface area contributed by atoms with E-state index in [9.17, 15) is 23.1 Å². The van der Waals surface area contributed by atoms with Crippen molar-refractivity contribution in [3.63, 3.8) is 0 Å². The summed E-state index contributed by atoms with van der Waals surface area (Å²) < 4.78 is 39.4. The summed E-state index contributed by atoms with van der Waals surface area (Å²) in [5, 5.41) is 15.1. The highest BCUT2D eigenvalue weighted by molar-refractivity contribution is 6.33. The fourth-order valence-corrected chi connectivity index (χ4v) is 4.31. The SMILES string of the molecule is O=C([O-])c1ccc(Cl)c2c1[C@H]1C=CC[C@H]1[C@@H](c1cccc(C(F)(F)F)c1)N2. The molecule has 1 N–H and O–H groups in total. The smallest absolute Gasteiger partial charge is 0.416 e. The standard InChI is InChI=1S/C20H15ClF3NO2/c21-15-8-7-14(19(26)27)16-12-5-2-6-13(12)17(25-18(15)16)10-3-1-4-11(9-10)20(22,23)24/h1-5,7-9,12-13,17,25H,6H2,(H,26,27)/p-1/t12-,13+,17+/m0/s1. The fourth-order valence-electron chi connectivity index (χ4n) is 4.09. The highest BCUT2D eigenvalue weighted by Gasteiger charge is 2.41. The number of carboxylic acid groups (broad SMARTS) is 1. The molecule has 1 heterocycles. The Morgan fingerprint density at radius 3 is 2.70 bits per heavy atom. The molecule has 0 amide bonds. The molecule has 0 spiro atoms. The van der Waals surface area contributed by atoms with Gasteiger partial charge in [-0.2, -0.15) is 13.2 Å². The lowest BCUT2D eigenvalue weighted by Crippen LogP contribution is -2.33. The Balaban J connectivity index is 1.84. The maximum Gasteiger partial charge on any atom is 0.416 e. The maximum absolute atomic E-state index is 13.1. The van der Waals surface area contributed by atoms with Crippen LogP contribution in [0, 0.1) is 5.92 Å². The van der Waals surface area contributed by atoms with E-state index in [4.69, 9.17) is 11.6 Å². The van der Waals surface area contributed by atoms with Crippen molar-refractivity contribution in [2.75, 3.05) is 5.32 Å². The van der Waals surface area contributed by atoms with Gasteiger partial charge in [-0.3, -0.25) is 0 Å². The maximum atomic E-state index is 13.1. The van der Waals surface area contributed by atoms with E-state index in [2.05, 4.69) is 5.32 Å². The zero-order valence-electron chi connectivity index (χ0n) is 13.9. The van der Waals surface area contributed by atoms with Crippen molar-refractivity contribution >= 4 is 23.3 Å². The summed E-state index contributed by atoms with van der Waals surface area (Å²) in [5.41, 5.74) is 0.790. The van der Waals surface area contributed by atoms with Crippen LogP contribution in [0.3, 0.4) is 0 Å². The molecular formula is C20H14ClF3NO2-. The minimum atomic E-state index is -4.43. The number of fused-ring (bicyclic) bond motifs is 3. The minimum absolute atomic E-state index is 0.0472. The van der Waals surface area contributed by atoms with Gasteiger partial charge in [-0.15, -0.1) is 0 Å². The van der Waals surface area contributed by atoms with Crippen molar-refractivity contribution in [2.45, 2.75) is 24.6 Å². The number of rotatable bonds is 2. The zero-order valence-corrected chi connectivity index (χ0v) is 14.6. The molecule has 0 saturated carbocycles. The number of hydrogen-bond acceptors (Lipinski definition) is 3. The molecule has 3 nitrogen and oxygen atoms in total. The van der Waals surface area contributed by atoms with Crippen LogP contribution in [0.25, 0.3) is 0 Å². The number of alkyl halides is 3. The average molecular weight is 393 g/mol. The van der Waals surface area contributed by atoms with Gasteiger partial charge in [-0.25, -0.2) is 0 Å². The summed E-state index contributed by atoms with van der Waals surface area (Å²) in [6, 6.07) is 7.64. The highest BCUT2D eigenvalue weighted by Crippen LogP contribution is 2.52. The molecule has 0 bridgehead atoms. The van der Waals surface area contributed by atoms with Crippen molar-refractivity contribution in [2.24, 2.45) is 5.92 Å². The Kier molecular flexibility index (Phi) is 4.18. The minimum Gasteiger partial charge on any atom is -0.545 e.